The molecule has 1 heterocycles. The van der Waals surface area contributed by atoms with Crippen LogP contribution in [0, 0.1) is 34.5 Å². The number of nitrogens with zero attached hydrogens (tertiary/aromatic N) is 1. The average molecular weight is 456 g/mol. The average Bonchev–Trinajstić information content (AvgIpc) is 3.16. The van der Waals surface area contributed by atoms with Gasteiger partial charge >= 0.3 is 5.97 Å². The van der Waals surface area contributed by atoms with Crippen LogP contribution in [0.2, 0.25) is 0 Å². The SMILES string of the molecule is CC(=O)[C@@H]1CC[C@@H]2[C@H]3CC=C4C[C@@H](OC(=O)CCN5CCCCC5)CC[C@]4(C)[C@@H]3CC[C@@]21C. The first-order valence-corrected chi connectivity index (χ1v) is 13.9. The zero-order chi connectivity index (χ0) is 23.2. The van der Waals surface area contributed by atoms with Gasteiger partial charge in [-0.15, -0.1) is 0 Å². The van der Waals surface area contributed by atoms with Crippen molar-refractivity contribution in [1.82, 2.24) is 4.90 Å². The van der Waals surface area contributed by atoms with E-state index in [9.17, 15) is 9.59 Å². The number of ketones is 1. The lowest BCUT2D eigenvalue weighted by atomic mass is 9.47. The van der Waals surface area contributed by atoms with Gasteiger partial charge in [0, 0.05) is 18.9 Å². The maximum Gasteiger partial charge on any atom is 0.307 e. The third-order valence-electron chi connectivity index (χ3n) is 10.9. The molecule has 1 aliphatic heterocycles. The van der Waals surface area contributed by atoms with E-state index in [4.69, 9.17) is 4.74 Å². The molecule has 0 aromatic carbocycles. The summed E-state index contributed by atoms with van der Waals surface area (Å²) in [6.07, 6.45) is 16.0. The fourth-order valence-electron chi connectivity index (χ4n) is 9.07. The summed E-state index contributed by atoms with van der Waals surface area (Å²) in [4.78, 5) is 27.4. The Balaban J connectivity index is 1.21. The molecular formula is C29H45NO3. The Hall–Kier alpha value is -1.16. The normalized spacial score (nSPS) is 43.1. The van der Waals surface area contributed by atoms with Crippen LogP contribution in [-0.4, -0.2) is 42.4 Å². The number of hydrogen-bond acceptors (Lipinski definition) is 4. The van der Waals surface area contributed by atoms with Gasteiger partial charge in [0.2, 0.25) is 0 Å². The lowest BCUT2D eigenvalue weighted by molar-refractivity contribution is -0.152. The van der Waals surface area contributed by atoms with Crippen LogP contribution < -0.4 is 0 Å². The molecule has 0 radical (unpaired) electrons. The molecule has 0 bridgehead atoms. The van der Waals surface area contributed by atoms with Crippen molar-refractivity contribution >= 4 is 11.8 Å². The molecule has 7 atom stereocenters. The zero-order valence-electron chi connectivity index (χ0n) is 21.2. The molecule has 3 saturated carbocycles. The number of piperidine rings is 1. The summed E-state index contributed by atoms with van der Waals surface area (Å²) in [5.74, 6) is 2.85. The smallest absolute Gasteiger partial charge is 0.307 e. The number of esters is 1. The molecule has 4 heteroatoms. The van der Waals surface area contributed by atoms with Crippen LogP contribution in [0.25, 0.3) is 0 Å². The molecule has 4 nitrogen and oxygen atoms in total. The lowest BCUT2D eigenvalue weighted by Gasteiger charge is -2.58. The second-order valence-corrected chi connectivity index (χ2v) is 12.6. The summed E-state index contributed by atoms with van der Waals surface area (Å²) in [6, 6.07) is 0. The summed E-state index contributed by atoms with van der Waals surface area (Å²) in [5.41, 5.74) is 2.04. The van der Waals surface area contributed by atoms with Crippen molar-refractivity contribution in [1.29, 1.82) is 0 Å². The van der Waals surface area contributed by atoms with E-state index < -0.39 is 0 Å². The topological polar surface area (TPSA) is 46.6 Å². The van der Waals surface area contributed by atoms with Crippen molar-refractivity contribution in [3.8, 4) is 0 Å². The number of carbonyl (C=O) groups excluding carboxylic acids is 2. The summed E-state index contributed by atoms with van der Waals surface area (Å²) in [5, 5.41) is 0. The van der Waals surface area contributed by atoms with Crippen LogP contribution >= 0.6 is 0 Å². The number of allylic oxidation sites excluding steroid dienone is 1. The first-order chi connectivity index (χ1) is 15.8. The first kappa shape index (κ1) is 23.6. The highest BCUT2D eigenvalue weighted by Gasteiger charge is 2.59. The summed E-state index contributed by atoms with van der Waals surface area (Å²) < 4.78 is 5.99. The molecule has 184 valence electrons. The second-order valence-electron chi connectivity index (χ2n) is 12.6. The molecule has 5 rings (SSSR count). The van der Waals surface area contributed by atoms with E-state index in [0.29, 0.717) is 18.1 Å². The molecule has 0 amide bonds. The van der Waals surface area contributed by atoms with E-state index in [1.165, 1.54) is 38.5 Å². The number of hydrogen-bond donors (Lipinski definition) is 0. The standard InChI is InChI=1S/C29H45NO3/c1-20(31)24-9-10-25-23-8-7-21-19-22(33-27(32)13-18-30-16-5-4-6-17-30)11-14-28(21,2)26(23)12-15-29(24,25)3/h7,22-26H,4-6,8-19H2,1-3H3/t22-,23+,24-,25+,26+,28-,29+/m0/s1. The monoisotopic (exact) mass is 455 g/mol. The molecule has 4 fully saturated rings. The second kappa shape index (κ2) is 9.13. The van der Waals surface area contributed by atoms with Gasteiger partial charge in [-0.05, 0) is 106 Å². The third kappa shape index (κ3) is 4.23. The number of ether oxygens (including phenoxy) is 1. The Morgan fingerprint density at radius 2 is 1.82 bits per heavy atom. The number of Topliss-reactive ketones (excluding diaryl/α,β-unsaturated/α-hetero) is 1. The number of rotatable bonds is 5. The lowest BCUT2D eigenvalue weighted by Crippen LogP contribution is -2.51. The van der Waals surface area contributed by atoms with Gasteiger partial charge in [0.15, 0.2) is 0 Å². The van der Waals surface area contributed by atoms with Gasteiger partial charge < -0.3 is 9.64 Å². The molecule has 5 aliphatic rings. The fraction of sp³-hybridized carbons (Fsp3) is 0.862. The van der Waals surface area contributed by atoms with Gasteiger partial charge in [-0.2, -0.15) is 0 Å². The quantitative estimate of drug-likeness (QED) is 0.380. The van der Waals surface area contributed by atoms with Gasteiger partial charge in [-0.3, -0.25) is 9.59 Å². The van der Waals surface area contributed by atoms with E-state index in [0.717, 1.165) is 63.6 Å². The number of fused-ring (bicyclic) bond motifs is 5. The van der Waals surface area contributed by atoms with Gasteiger partial charge in [-0.1, -0.05) is 31.9 Å². The van der Waals surface area contributed by atoms with Crippen LogP contribution in [0.5, 0.6) is 0 Å². The Morgan fingerprint density at radius 1 is 1.03 bits per heavy atom. The summed E-state index contributed by atoms with van der Waals surface area (Å²) >= 11 is 0. The minimum Gasteiger partial charge on any atom is -0.462 e. The predicted octanol–water partition coefficient (Wildman–Crippen LogP) is 5.94. The molecular weight excluding hydrogens is 410 g/mol. The highest BCUT2D eigenvalue weighted by atomic mass is 16.5. The van der Waals surface area contributed by atoms with Crippen LogP contribution in [0.1, 0.15) is 97.8 Å². The molecule has 33 heavy (non-hydrogen) atoms. The van der Waals surface area contributed by atoms with Crippen LogP contribution in [0.4, 0.5) is 0 Å². The number of likely N-dealkylation sites (tertiary alicyclic amines) is 1. The van der Waals surface area contributed by atoms with Gasteiger partial charge in [0.05, 0.1) is 6.42 Å². The minimum atomic E-state index is -0.00174. The maximum absolute atomic E-state index is 12.6. The van der Waals surface area contributed by atoms with Gasteiger partial charge in [0.25, 0.3) is 0 Å². The molecule has 0 unspecified atom stereocenters. The summed E-state index contributed by atoms with van der Waals surface area (Å²) in [7, 11) is 0. The molecule has 0 spiro atoms. The third-order valence-corrected chi connectivity index (χ3v) is 10.9. The molecule has 0 N–H and O–H groups in total. The van der Waals surface area contributed by atoms with Gasteiger partial charge in [-0.25, -0.2) is 0 Å². The highest BCUT2D eigenvalue weighted by molar-refractivity contribution is 5.79. The molecule has 0 aromatic heterocycles. The Bertz CT molecular complexity index is 799. The van der Waals surface area contributed by atoms with Crippen molar-refractivity contribution in [2.24, 2.45) is 34.5 Å². The Morgan fingerprint density at radius 3 is 2.58 bits per heavy atom. The highest BCUT2D eigenvalue weighted by Crippen LogP contribution is 2.66. The van der Waals surface area contributed by atoms with Crippen molar-refractivity contribution in [3.63, 3.8) is 0 Å². The zero-order valence-corrected chi connectivity index (χ0v) is 21.2. The number of carbonyl (C=O) groups is 2. The Labute approximate surface area is 200 Å². The van der Waals surface area contributed by atoms with Crippen molar-refractivity contribution in [2.75, 3.05) is 19.6 Å². The van der Waals surface area contributed by atoms with Gasteiger partial charge in [0.1, 0.15) is 11.9 Å². The van der Waals surface area contributed by atoms with E-state index in [2.05, 4.69) is 24.8 Å². The predicted molar refractivity (Wildman–Crippen MR) is 131 cm³/mol. The molecule has 0 aromatic rings. The van der Waals surface area contributed by atoms with Crippen molar-refractivity contribution in [3.05, 3.63) is 11.6 Å². The summed E-state index contributed by atoms with van der Waals surface area (Å²) in [6.45, 7) is 9.88. The van der Waals surface area contributed by atoms with E-state index in [-0.39, 0.29) is 28.8 Å². The van der Waals surface area contributed by atoms with E-state index >= 15 is 0 Å². The minimum absolute atomic E-state index is 0.00174. The van der Waals surface area contributed by atoms with E-state index in [1.54, 1.807) is 5.57 Å². The van der Waals surface area contributed by atoms with E-state index in [1.807, 2.05) is 6.92 Å². The maximum atomic E-state index is 12.6. The van der Waals surface area contributed by atoms with Crippen molar-refractivity contribution in [2.45, 2.75) is 104 Å². The molecule has 4 aliphatic carbocycles. The van der Waals surface area contributed by atoms with Crippen LogP contribution in [0.3, 0.4) is 0 Å². The fourth-order valence-corrected chi connectivity index (χ4v) is 9.07. The van der Waals surface area contributed by atoms with Crippen LogP contribution in [-0.2, 0) is 14.3 Å². The first-order valence-electron chi connectivity index (χ1n) is 13.9. The Kier molecular flexibility index (Phi) is 6.52. The molecule has 1 saturated heterocycles. The van der Waals surface area contributed by atoms with Crippen molar-refractivity contribution < 1.29 is 14.3 Å². The van der Waals surface area contributed by atoms with Crippen LogP contribution in [0.15, 0.2) is 11.6 Å². The largest absolute Gasteiger partial charge is 0.462 e.